The molecule has 2 aromatic rings. The molecule has 0 saturated heterocycles. The first-order valence-electron chi connectivity index (χ1n) is 7.79. The Hall–Kier alpha value is -2.34. The Morgan fingerprint density at radius 2 is 1.88 bits per heavy atom. The molecular formula is C17H21ClN4O2. The van der Waals surface area contributed by atoms with Crippen molar-refractivity contribution in [2.24, 2.45) is 0 Å². The second-order valence-electron chi connectivity index (χ2n) is 5.51. The summed E-state index contributed by atoms with van der Waals surface area (Å²) in [7, 11) is 0. The van der Waals surface area contributed by atoms with E-state index in [2.05, 4.69) is 20.8 Å². The summed E-state index contributed by atoms with van der Waals surface area (Å²) in [5, 5.41) is 13.0. The number of aromatic nitrogens is 2. The number of hydrogen-bond acceptors (Lipinski definition) is 3. The SMILES string of the molecule is Cc1[nH]nc(CCC(=O)NCCNC(=O)c2ccccc2Cl)c1C. The van der Waals surface area contributed by atoms with Crippen LogP contribution in [0.2, 0.25) is 5.02 Å². The molecule has 0 radical (unpaired) electrons. The van der Waals surface area contributed by atoms with Gasteiger partial charge in [-0.2, -0.15) is 5.10 Å². The van der Waals surface area contributed by atoms with E-state index in [1.807, 2.05) is 13.8 Å². The molecule has 0 aliphatic rings. The predicted molar refractivity (Wildman–Crippen MR) is 93.2 cm³/mol. The molecule has 128 valence electrons. The summed E-state index contributed by atoms with van der Waals surface area (Å²) in [4.78, 5) is 23.8. The number of amides is 2. The van der Waals surface area contributed by atoms with E-state index < -0.39 is 0 Å². The number of halogens is 1. The van der Waals surface area contributed by atoms with Crippen LogP contribution in [0.4, 0.5) is 0 Å². The Morgan fingerprint density at radius 1 is 1.17 bits per heavy atom. The zero-order valence-electron chi connectivity index (χ0n) is 13.8. The highest BCUT2D eigenvalue weighted by Gasteiger charge is 2.10. The fourth-order valence-corrected chi connectivity index (χ4v) is 2.44. The number of carbonyl (C=O) groups excluding carboxylic acids is 2. The van der Waals surface area contributed by atoms with Gasteiger partial charge in [-0.15, -0.1) is 0 Å². The van der Waals surface area contributed by atoms with E-state index in [0.29, 0.717) is 36.5 Å². The molecule has 0 spiro atoms. The van der Waals surface area contributed by atoms with Crippen molar-refractivity contribution in [3.63, 3.8) is 0 Å². The third-order valence-corrected chi connectivity index (χ3v) is 4.12. The second-order valence-corrected chi connectivity index (χ2v) is 5.91. The van der Waals surface area contributed by atoms with Crippen LogP contribution in [0.1, 0.15) is 33.7 Å². The Labute approximate surface area is 146 Å². The number of nitrogens with one attached hydrogen (secondary N) is 3. The Morgan fingerprint density at radius 3 is 2.54 bits per heavy atom. The lowest BCUT2D eigenvalue weighted by molar-refractivity contribution is -0.121. The zero-order valence-corrected chi connectivity index (χ0v) is 14.5. The van der Waals surface area contributed by atoms with Crippen LogP contribution in [0.25, 0.3) is 0 Å². The number of carbonyl (C=O) groups is 2. The molecule has 0 aliphatic carbocycles. The van der Waals surface area contributed by atoms with Crippen molar-refractivity contribution in [3.05, 3.63) is 51.8 Å². The second kappa shape index (κ2) is 8.49. The van der Waals surface area contributed by atoms with Gasteiger partial charge in [0.05, 0.1) is 16.3 Å². The van der Waals surface area contributed by atoms with Gasteiger partial charge >= 0.3 is 0 Å². The number of aryl methyl sites for hydroxylation is 2. The van der Waals surface area contributed by atoms with E-state index in [4.69, 9.17) is 11.6 Å². The van der Waals surface area contributed by atoms with Crippen molar-refractivity contribution in [1.82, 2.24) is 20.8 Å². The first kappa shape index (κ1) is 18.0. The number of aromatic amines is 1. The topological polar surface area (TPSA) is 86.9 Å². The van der Waals surface area contributed by atoms with Gasteiger partial charge in [0, 0.05) is 31.6 Å². The summed E-state index contributed by atoms with van der Waals surface area (Å²) in [6.45, 7) is 4.65. The van der Waals surface area contributed by atoms with Crippen LogP contribution in [-0.2, 0) is 11.2 Å². The lowest BCUT2D eigenvalue weighted by Gasteiger charge is -2.08. The van der Waals surface area contributed by atoms with E-state index in [9.17, 15) is 9.59 Å². The zero-order chi connectivity index (χ0) is 17.5. The van der Waals surface area contributed by atoms with Crippen LogP contribution in [0.5, 0.6) is 0 Å². The number of rotatable bonds is 7. The molecule has 2 amide bonds. The minimum absolute atomic E-state index is 0.0676. The molecule has 0 atom stereocenters. The number of hydrogen-bond donors (Lipinski definition) is 3. The standard InChI is InChI=1S/C17H21ClN4O2/c1-11-12(2)21-22-15(11)7-8-16(23)19-9-10-20-17(24)13-5-3-4-6-14(13)18/h3-6H,7-10H2,1-2H3,(H,19,23)(H,20,24)(H,21,22). The summed E-state index contributed by atoms with van der Waals surface area (Å²) in [5.41, 5.74) is 3.45. The molecule has 0 bridgehead atoms. The van der Waals surface area contributed by atoms with Gasteiger partial charge in [0.25, 0.3) is 5.91 Å². The molecule has 0 aliphatic heterocycles. The van der Waals surface area contributed by atoms with Gasteiger partial charge in [-0.1, -0.05) is 23.7 Å². The maximum absolute atomic E-state index is 11.9. The molecular weight excluding hydrogens is 328 g/mol. The third kappa shape index (κ3) is 4.83. The number of nitrogens with zero attached hydrogens (tertiary/aromatic N) is 1. The molecule has 7 heteroatoms. The lowest BCUT2D eigenvalue weighted by Crippen LogP contribution is -2.34. The molecule has 6 nitrogen and oxygen atoms in total. The first-order chi connectivity index (χ1) is 11.5. The Balaban J connectivity index is 1.67. The van der Waals surface area contributed by atoms with Crippen molar-refractivity contribution in [2.75, 3.05) is 13.1 Å². The van der Waals surface area contributed by atoms with Crippen molar-refractivity contribution in [1.29, 1.82) is 0 Å². The minimum atomic E-state index is -0.252. The maximum atomic E-state index is 11.9. The van der Waals surface area contributed by atoms with Gasteiger partial charge in [-0.3, -0.25) is 14.7 Å². The van der Waals surface area contributed by atoms with E-state index in [0.717, 1.165) is 17.0 Å². The average Bonchev–Trinajstić information content (AvgIpc) is 2.89. The molecule has 0 unspecified atom stereocenters. The normalized spacial score (nSPS) is 10.5. The maximum Gasteiger partial charge on any atom is 0.252 e. The molecule has 0 saturated carbocycles. The smallest absolute Gasteiger partial charge is 0.252 e. The molecule has 2 rings (SSSR count). The van der Waals surface area contributed by atoms with Gasteiger partial charge in [-0.25, -0.2) is 0 Å². The van der Waals surface area contributed by atoms with Gasteiger partial charge < -0.3 is 10.6 Å². The molecule has 1 aromatic carbocycles. The van der Waals surface area contributed by atoms with E-state index in [-0.39, 0.29) is 11.8 Å². The third-order valence-electron chi connectivity index (χ3n) is 3.79. The quantitative estimate of drug-likeness (QED) is 0.670. The van der Waals surface area contributed by atoms with Crippen LogP contribution in [-0.4, -0.2) is 35.1 Å². The molecule has 3 N–H and O–H groups in total. The largest absolute Gasteiger partial charge is 0.354 e. The van der Waals surface area contributed by atoms with Crippen LogP contribution >= 0.6 is 11.6 Å². The Kier molecular flexibility index (Phi) is 6.37. The fraction of sp³-hybridized carbons (Fsp3) is 0.353. The van der Waals surface area contributed by atoms with Crippen molar-refractivity contribution in [2.45, 2.75) is 26.7 Å². The van der Waals surface area contributed by atoms with Gasteiger partial charge in [0.2, 0.25) is 5.91 Å². The van der Waals surface area contributed by atoms with Crippen LogP contribution in [0.3, 0.4) is 0 Å². The monoisotopic (exact) mass is 348 g/mol. The van der Waals surface area contributed by atoms with Gasteiger partial charge in [0.1, 0.15) is 0 Å². The highest BCUT2D eigenvalue weighted by Crippen LogP contribution is 2.14. The van der Waals surface area contributed by atoms with Crippen LogP contribution in [0.15, 0.2) is 24.3 Å². The average molecular weight is 349 g/mol. The van der Waals surface area contributed by atoms with Crippen LogP contribution < -0.4 is 10.6 Å². The molecule has 1 aromatic heterocycles. The molecule has 24 heavy (non-hydrogen) atoms. The first-order valence-corrected chi connectivity index (χ1v) is 8.16. The van der Waals surface area contributed by atoms with Gasteiger partial charge in [-0.05, 0) is 31.5 Å². The summed E-state index contributed by atoms with van der Waals surface area (Å²) >= 11 is 5.96. The highest BCUT2D eigenvalue weighted by molar-refractivity contribution is 6.33. The Bertz CT molecular complexity index is 727. The van der Waals surface area contributed by atoms with Gasteiger partial charge in [0.15, 0.2) is 0 Å². The number of H-pyrrole nitrogens is 1. The number of benzene rings is 1. The van der Waals surface area contributed by atoms with E-state index in [1.54, 1.807) is 24.3 Å². The predicted octanol–water partition coefficient (Wildman–Crippen LogP) is 2.16. The van der Waals surface area contributed by atoms with Crippen molar-refractivity contribution in [3.8, 4) is 0 Å². The highest BCUT2D eigenvalue weighted by atomic mass is 35.5. The summed E-state index contributed by atoms with van der Waals surface area (Å²) in [5.74, 6) is -0.320. The summed E-state index contributed by atoms with van der Waals surface area (Å²) < 4.78 is 0. The van der Waals surface area contributed by atoms with Crippen molar-refractivity contribution < 1.29 is 9.59 Å². The molecule has 0 fully saturated rings. The summed E-state index contributed by atoms with van der Waals surface area (Å²) in [6, 6.07) is 6.84. The fourth-order valence-electron chi connectivity index (χ4n) is 2.22. The molecule has 1 heterocycles. The van der Waals surface area contributed by atoms with Crippen LogP contribution in [0, 0.1) is 13.8 Å². The minimum Gasteiger partial charge on any atom is -0.354 e. The van der Waals surface area contributed by atoms with E-state index in [1.165, 1.54) is 0 Å². The summed E-state index contributed by atoms with van der Waals surface area (Å²) in [6.07, 6.45) is 0.956. The van der Waals surface area contributed by atoms with Crippen molar-refractivity contribution >= 4 is 23.4 Å². The lowest BCUT2D eigenvalue weighted by atomic mass is 10.1. The van der Waals surface area contributed by atoms with E-state index >= 15 is 0 Å².